The van der Waals surface area contributed by atoms with E-state index in [2.05, 4.69) is 59.6 Å². The van der Waals surface area contributed by atoms with Crippen LogP contribution in [0, 0.1) is 6.92 Å². The van der Waals surface area contributed by atoms with E-state index in [0.717, 1.165) is 33.2 Å². The summed E-state index contributed by atoms with van der Waals surface area (Å²) < 4.78 is 7.41. The molecule has 1 heterocycles. The van der Waals surface area contributed by atoms with Gasteiger partial charge in [0.15, 0.2) is 0 Å². The van der Waals surface area contributed by atoms with E-state index in [-0.39, 0.29) is 0 Å². The molecule has 2 rings (SSSR count). The number of anilines is 2. The number of aryl methyl sites for hydroxylation is 1. The van der Waals surface area contributed by atoms with Crippen molar-refractivity contribution in [3.05, 3.63) is 32.5 Å². The molecule has 0 amide bonds. The largest absolute Gasteiger partial charge is 0.406 e. The molecule has 20 heavy (non-hydrogen) atoms. The number of nitrogens with zero attached hydrogens (tertiary/aromatic N) is 2. The molecule has 0 radical (unpaired) electrons. The molecule has 0 unspecified atom stereocenters. The van der Waals surface area contributed by atoms with Gasteiger partial charge in [0.1, 0.15) is 0 Å². The quantitative estimate of drug-likeness (QED) is 0.709. The van der Waals surface area contributed by atoms with Gasteiger partial charge in [-0.25, -0.2) is 0 Å². The molecular weight excluding hydrogens is 388 g/mol. The number of benzene rings is 1. The highest BCUT2D eigenvalue weighted by Crippen LogP contribution is 2.34. The van der Waals surface area contributed by atoms with Gasteiger partial charge in [-0.2, -0.15) is 0 Å². The zero-order valence-electron chi connectivity index (χ0n) is 11.3. The fourth-order valence-corrected chi connectivity index (χ4v) is 3.29. The van der Waals surface area contributed by atoms with Gasteiger partial charge in [-0.15, -0.1) is 5.10 Å². The van der Waals surface area contributed by atoms with Gasteiger partial charge in [0.2, 0.25) is 5.89 Å². The Morgan fingerprint density at radius 3 is 2.55 bits per heavy atom. The van der Waals surface area contributed by atoms with Gasteiger partial charge in [-0.05, 0) is 69.4 Å². The molecule has 0 aliphatic carbocycles. The van der Waals surface area contributed by atoms with Gasteiger partial charge in [0.25, 0.3) is 0 Å². The lowest BCUT2D eigenvalue weighted by atomic mass is 10.2. The molecule has 1 aromatic heterocycles. The SMILES string of the molecule is CCCNCc1nnc(Nc2c(Br)cc(C)cc2Br)o1. The van der Waals surface area contributed by atoms with E-state index in [1.807, 2.05) is 19.1 Å². The minimum Gasteiger partial charge on any atom is -0.406 e. The maximum atomic E-state index is 5.54. The van der Waals surface area contributed by atoms with Crippen LogP contribution in [0.4, 0.5) is 11.7 Å². The highest BCUT2D eigenvalue weighted by molar-refractivity contribution is 9.11. The number of halogens is 2. The molecule has 1 aromatic carbocycles. The Hall–Kier alpha value is -0.920. The van der Waals surface area contributed by atoms with Crippen molar-refractivity contribution in [3.8, 4) is 0 Å². The Morgan fingerprint density at radius 2 is 1.90 bits per heavy atom. The van der Waals surface area contributed by atoms with E-state index >= 15 is 0 Å². The Morgan fingerprint density at radius 1 is 1.20 bits per heavy atom. The summed E-state index contributed by atoms with van der Waals surface area (Å²) in [4.78, 5) is 0. The zero-order chi connectivity index (χ0) is 14.5. The highest BCUT2D eigenvalue weighted by atomic mass is 79.9. The fourth-order valence-electron chi connectivity index (χ4n) is 1.67. The van der Waals surface area contributed by atoms with Crippen molar-refractivity contribution in [3.63, 3.8) is 0 Å². The average molecular weight is 404 g/mol. The number of nitrogens with one attached hydrogen (secondary N) is 2. The fraction of sp³-hybridized carbons (Fsp3) is 0.385. The summed E-state index contributed by atoms with van der Waals surface area (Å²) in [6.45, 7) is 5.66. The van der Waals surface area contributed by atoms with Gasteiger partial charge in [0, 0.05) is 8.95 Å². The second-order valence-electron chi connectivity index (χ2n) is 4.41. The smallest absolute Gasteiger partial charge is 0.320 e. The van der Waals surface area contributed by atoms with Crippen LogP contribution < -0.4 is 10.6 Å². The zero-order valence-corrected chi connectivity index (χ0v) is 14.5. The summed E-state index contributed by atoms with van der Waals surface area (Å²) in [5.41, 5.74) is 2.02. The summed E-state index contributed by atoms with van der Waals surface area (Å²) >= 11 is 7.04. The predicted octanol–water partition coefficient (Wildman–Crippen LogP) is 4.15. The van der Waals surface area contributed by atoms with Crippen LogP contribution in [0.2, 0.25) is 0 Å². The minimum atomic E-state index is 0.378. The summed E-state index contributed by atoms with van der Waals surface area (Å²) in [5, 5.41) is 14.3. The maximum Gasteiger partial charge on any atom is 0.320 e. The topological polar surface area (TPSA) is 63.0 Å². The monoisotopic (exact) mass is 402 g/mol. The highest BCUT2D eigenvalue weighted by Gasteiger charge is 2.11. The molecule has 0 fully saturated rings. The Kier molecular flexibility index (Phi) is 5.56. The number of rotatable bonds is 6. The molecule has 0 aliphatic rings. The van der Waals surface area contributed by atoms with Crippen LogP contribution >= 0.6 is 31.9 Å². The van der Waals surface area contributed by atoms with Crippen molar-refractivity contribution >= 4 is 43.6 Å². The van der Waals surface area contributed by atoms with E-state index in [0.29, 0.717) is 18.5 Å². The molecule has 0 saturated carbocycles. The van der Waals surface area contributed by atoms with Crippen molar-refractivity contribution in [2.45, 2.75) is 26.8 Å². The summed E-state index contributed by atoms with van der Waals surface area (Å²) in [6.07, 6.45) is 1.07. The Bertz CT molecular complexity index is 562. The number of aromatic nitrogens is 2. The third-order valence-electron chi connectivity index (χ3n) is 2.59. The molecule has 2 N–H and O–H groups in total. The van der Waals surface area contributed by atoms with Crippen LogP contribution in [0.25, 0.3) is 0 Å². The summed E-state index contributed by atoms with van der Waals surface area (Å²) in [6, 6.07) is 4.42. The predicted molar refractivity (Wildman–Crippen MR) is 86.2 cm³/mol. The van der Waals surface area contributed by atoms with Crippen molar-refractivity contribution in [2.24, 2.45) is 0 Å². The van der Waals surface area contributed by atoms with Gasteiger partial charge < -0.3 is 15.1 Å². The lowest BCUT2D eigenvalue weighted by Crippen LogP contribution is -2.13. The second-order valence-corrected chi connectivity index (χ2v) is 6.11. The molecule has 108 valence electrons. The average Bonchev–Trinajstić information content (AvgIpc) is 2.82. The normalized spacial score (nSPS) is 10.8. The van der Waals surface area contributed by atoms with E-state index in [9.17, 15) is 0 Å². The lowest BCUT2D eigenvalue weighted by molar-refractivity contribution is 0.479. The molecule has 0 bridgehead atoms. The van der Waals surface area contributed by atoms with Gasteiger partial charge >= 0.3 is 6.01 Å². The van der Waals surface area contributed by atoms with Gasteiger partial charge in [-0.1, -0.05) is 12.0 Å². The molecular formula is C13H16Br2N4O. The third kappa shape index (κ3) is 4.04. The molecule has 7 heteroatoms. The molecule has 0 saturated heterocycles. The third-order valence-corrected chi connectivity index (χ3v) is 3.84. The molecule has 0 atom stereocenters. The van der Waals surface area contributed by atoms with Crippen molar-refractivity contribution in [2.75, 3.05) is 11.9 Å². The number of hydrogen-bond acceptors (Lipinski definition) is 5. The van der Waals surface area contributed by atoms with Crippen LogP contribution in [0.15, 0.2) is 25.5 Å². The first kappa shape index (κ1) is 15.5. The van der Waals surface area contributed by atoms with Crippen molar-refractivity contribution in [1.82, 2.24) is 15.5 Å². The van der Waals surface area contributed by atoms with Crippen LogP contribution in [-0.4, -0.2) is 16.7 Å². The van der Waals surface area contributed by atoms with E-state index < -0.39 is 0 Å². The molecule has 0 spiro atoms. The Labute approximate surface area is 134 Å². The molecule has 5 nitrogen and oxygen atoms in total. The molecule has 0 aliphatic heterocycles. The Balaban J connectivity index is 2.07. The van der Waals surface area contributed by atoms with Crippen LogP contribution in [0.1, 0.15) is 24.8 Å². The van der Waals surface area contributed by atoms with E-state index in [1.165, 1.54) is 0 Å². The number of hydrogen-bond donors (Lipinski definition) is 2. The van der Waals surface area contributed by atoms with Gasteiger partial charge in [0.05, 0.1) is 12.2 Å². The van der Waals surface area contributed by atoms with Gasteiger partial charge in [-0.3, -0.25) is 0 Å². The van der Waals surface area contributed by atoms with Crippen LogP contribution in [0.5, 0.6) is 0 Å². The lowest BCUT2D eigenvalue weighted by Gasteiger charge is -2.08. The van der Waals surface area contributed by atoms with Crippen molar-refractivity contribution in [1.29, 1.82) is 0 Å². The van der Waals surface area contributed by atoms with E-state index in [4.69, 9.17) is 4.42 Å². The minimum absolute atomic E-state index is 0.378. The van der Waals surface area contributed by atoms with Crippen LogP contribution in [-0.2, 0) is 6.54 Å². The molecule has 2 aromatic rings. The standard InChI is InChI=1S/C13H16Br2N4O/c1-3-4-16-7-11-18-19-13(20-11)17-12-9(14)5-8(2)6-10(12)15/h5-6,16H,3-4,7H2,1-2H3,(H,17,19). The maximum absolute atomic E-state index is 5.54. The summed E-state index contributed by atoms with van der Waals surface area (Å²) in [7, 11) is 0. The van der Waals surface area contributed by atoms with E-state index in [1.54, 1.807) is 0 Å². The first-order chi connectivity index (χ1) is 9.60. The second kappa shape index (κ2) is 7.19. The summed E-state index contributed by atoms with van der Waals surface area (Å²) in [5.74, 6) is 0.570. The first-order valence-electron chi connectivity index (χ1n) is 6.36. The van der Waals surface area contributed by atoms with Crippen LogP contribution in [0.3, 0.4) is 0 Å². The first-order valence-corrected chi connectivity index (χ1v) is 7.94. The van der Waals surface area contributed by atoms with Crippen molar-refractivity contribution < 1.29 is 4.42 Å².